The standard InChI is InChI=1S/C30H42N2O6/c1-6-16-31(22-19-20(4)12-13-21(22)5)27(35)25-30-15-14-29(7-2,38-30)24(28(36)37-8-3)23(30)26(34)32(25)17-10-9-11-18-33/h6,12-13,19,23-25,33H,1,7-11,14-18H2,2-5H3/t23-,24+,25?,29-,30?/m0/s1. The lowest BCUT2D eigenvalue weighted by Gasteiger charge is -2.37. The number of fused-ring (bicyclic) bond motifs is 1. The smallest absolute Gasteiger partial charge is 0.312 e. The van der Waals surface area contributed by atoms with E-state index in [4.69, 9.17) is 9.47 Å². The highest BCUT2D eigenvalue weighted by molar-refractivity contribution is 6.05. The van der Waals surface area contributed by atoms with Crippen molar-refractivity contribution >= 4 is 23.5 Å². The molecule has 0 aliphatic carbocycles. The van der Waals surface area contributed by atoms with Crippen LogP contribution in [0.5, 0.6) is 0 Å². The molecule has 2 bridgehead atoms. The molecular formula is C30H42N2O6. The summed E-state index contributed by atoms with van der Waals surface area (Å²) in [6, 6.07) is 5.12. The van der Waals surface area contributed by atoms with Crippen LogP contribution < -0.4 is 4.90 Å². The van der Waals surface area contributed by atoms with E-state index in [1.807, 2.05) is 39.0 Å². The molecule has 2 amide bonds. The number of aryl methyl sites for hydroxylation is 2. The molecule has 0 aromatic heterocycles. The van der Waals surface area contributed by atoms with Gasteiger partial charge in [0.15, 0.2) is 0 Å². The van der Waals surface area contributed by atoms with E-state index in [9.17, 15) is 19.5 Å². The summed E-state index contributed by atoms with van der Waals surface area (Å²) in [6.45, 7) is 12.5. The average molecular weight is 527 g/mol. The number of anilines is 1. The van der Waals surface area contributed by atoms with Crippen LogP contribution in [0.1, 0.15) is 63.5 Å². The second-order valence-corrected chi connectivity index (χ2v) is 10.9. The van der Waals surface area contributed by atoms with Gasteiger partial charge >= 0.3 is 5.97 Å². The molecule has 0 saturated carbocycles. The number of rotatable bonds is 12. The molecule has 1 spiro atoms. The molecule has 2 unspecified atom stereocenters. The maximum absolute atomic E-state index is 14.6. The van der Waals surface area contributed by atoms with Gasteiger partial charge in [0.05, 0.1) is 18.1 Å². The van der Waals surface area contributed by atoms with Crippen molar-refractivity contribution in [2.45, 2.75) is 83.5 Å². The fourth-order valence-electron chi connectivity index (χ4n) is 6.99. The molecular weight excluding hydrogens is 484 g/mol. The van der Waals surface area contributed by atoms with Crippen molar-refractivity contribution in [1.82, 2.24) is 4.90 Å². The molecule has 8 heteroatoms. The Labute approximate surface area is 226 Å². The third-order valence-electron chi connectivity index (χ3n) is 8.75. The minimum atomic E-state index is -1.09. The van der Waals surface area contributed by atoms with Crippen molar-refractivity contribution in [2.75, 3.05) is 31.2 Å². The number of carbonyl (C=O) groups is 3. The van der Waals surface area contributed by atoms with Crippen LogP contribution in [0.3, 0.4) is 0 Å². The zero-order chi connectivity index (χ0) is 27.7. The monoisotopic (exact) mass is 526 g/mol. The lowest BCUT2D eigenvalue weighted by molar-refractivity contribution is -0.160. The van der Waals surface area contributed by atoms with Gasteiger partial charge in [-0.15, -0.1) is 6.58 Å². The Balaban J connectivity index is 1.80. The van der Waals surface area contributed by atoms with Crippen molar-refractivity contribution in [3.63, 3.8) is 0 Å². The van der Waals surface area contributed by atoms with Crippen LogP contribution >= 0.6 is 0 Å². The molecule has 0 radical (unpaired) electrons. The van der Waals surface area contributed by atoms with E-state index < -0.39 is 35.0 Å². The van der Waals surface area contributed by atoms with Crippen LogP contribution in [0.25, 0.3) is 0 Å². The van der Waals surface area contributed by atoms with Crippen LogP contribution in [0, 0.1) is 25.7 Å². The molecule has 1 N–H and O–H groups in total. The molecule has 3 heterocycles. The highest BCUT2D eigenvalue weighted by Gasteiger charge is 2.79. The fraction of sp³-hybridized carbons (Fsp3) is 0.633. The molecule has 1 aromatic carbocycles. The third-order valence-corrected chi connectivity index (χ3v) is 8.75. The van der Waals surface area contributed by atoms with E-state index in [0.29, 0.717) is 38.6 Å². The van der Waals surface area contributed by atoms with Crippen LogP contribution in [0.4, 0.5) is 5.69 Å². The third kappa shape index (κ3) is 4.45. The molecule has 3 aliphatic rings. The summed E-state index contributed by atoms with van der Waals surface area (Å²) < 4.78 is 12.3. The first kappa shape index (κ1) is 28.3. The van der Waals surface area contributed by atoms with Crippen LogP contribution in [0.15, 0.2) is 30.9 Å². The number of hydrogen-bond acceptors (Lipinski definition) is 6. The summed E-state index contributed by atoms with van der Waals surface area (Å²) >= 11 is 0. The summed E-state index contributed by atoms with van der Waals surface area (Å²) in [5, 5.41) is 9.25. The van der Waals surface area contributed by atoms with Gasteiger partial charge in [-0.3, -0.25) is 14.4 Å². The summed E-state index contributed by atoms with van der Waals surface area (Å²) in [5.74, 6) is -2.33. The van der Waals surface area contributed by atoms with Gasteiger partial charge < -0.3 is 24.4 Å². The van der Waals surface area contributed by atoms with Crippen molar-refractivity contribution in [3.8, 4) is 0 Å². The normalized spacial score (nSPS) is 29.4. The number of aliphatic hydroxyl groups excluding tert-OH is 1. The van der Waals surface area contributed by atoms with Gasteiger partial charge in [-0.05, 0) is 76.5 Å². The molecule has 5 atom stereocenters. The van der Waals surface area contributed by atoms with Crippen LogP contribution in [-0.2, 0) is 23.9 Å². The second-order valence-electron chi connectivity index (χ2n) is 10.9. The predicted molar refractivity (Wildman–Crippen MR) is 145 cm³/mol. The van der Waals surface area contributed by atoms with E-state index in [-0.39, 0.29) is 31.6 Å². The Morgan fingerprint density at radius 3 is 2.66 bits per heavy atom. The zero-order valence-corrected chi connectivity index (χ0v) is 23.2. The Morgan fingerprint density at radius 2 is 2.00 bits per heavy atom. The maximum Gasteiger partial charge on any atom is 0.312 e. The van der Waals surface area contributed by atoms with Gasteiger partial charge in [0.2, 0.25) is 5.91 Å². The summed E-state index contributed by atoms with van der Waals surface area (Å²) in [4.78, 5) is 45.4. The first-order valence-electron chi connectivity index (χ1n) is 14.0. The van der Waals surface area contributed by atoms with E-state index in [0.717, 1.165) is 23.2 Å². The van der Waals surface area contributed by atoms with E-state index >= 15 is 0 Å². The number of carbonyl (C=O) groups excluding carboxylic acids is 3. The first-order chi connectivity index (χ1) is 18.2. The van der Waals surface area contributed by atoms with Crippen molar-refractivity contribution < 1.29 is 29.0 Å². The number of hydrogen-bond donors (Lipinski definition) is 1. The number of unbranched alkanes of at least 4 members (excludes halogenated alkanes) is 2. The molecule has 4 rings (SSSR count). The van der Waals surface area contributed by atoms with Gasteiger partial charge in [-0.25, -0.2) is 0 Å². The van der Waals surface area contributed by atoms with Gasteiger partial charge in [0.25, 0.3) is 5.91 Å². The zero-order valence-electron chi connectivity index (χ0n) is 23.2. The topological polar surface area (TPSA) is 96.4 Å². The quantitative estimate of drug-likeness (QED) is 0.253. The minimum Gasteiger partial charge on any atom is -0.466 e. The summed E-state index contributed by atoms with van der Waals surface area (Å²) in [5.41, 5.74) is 0.857. The van der Waals surface area contributed by atoms with Crippen molar-refractivity contribution in [3.05, 3.63) is 42.0 Å². The Morgan fingerprint density at radius 1 is 1.24 bits per heavy atom. The van der Waals surface area contributed by atoms with Gasteiger partial charge in [0, 0.05) is 25.4 Å². The molecule has 3 fully saturated rings. The van der Waals surface area contributed by atoms with Crippen LogP contribution in [0.2, 0.25) is 0 Å². The number of likely N-dealkylation sites (tertiary alicyclic amines) is 1. The molecule has 3 aliphatic heterocycles. The van der Waals surface area contributed by atoms with Gasteiger partial charge in [-0.1, -0.05) is 25.1 Å². The fourth-order valence-corrected chi connectivity index (χ4v) is 6.99. The Hall–Kier alpha value is -2.71. The number of amides is 2. The number of esters is 1. The second kappa shape index (κ2) is 11.2. The van der Waals surface area contributed by atoms with Crippen molar-refractivity contribution in [2.24, 2.45) is 11.8 Å². The van der Waals surface area contributed by atoms with Gasteiger partial charge in [-0.2, -0.15) is 0 Å². The number of ether oxygens (including phenoxy) is 2. The van der Waals surface area contributed by atoms with Gasteiger partial charge in [0.1, 0.15) is 17.6 Å². The molecule has 8 nitrogen and oxygen atoms in total. The van der Waals surface area contributed by atoms with Crippen molar-refractivity contribution in [1.29, 1.82) is 0 Å². The average Bonchev–Trinajstić information content (AvgIpc) is 3.50. The first-order valence-corrected chi connectivity index (χ1v) is 14.0. The summed E-state index contributed by atoms with van der Waals surface area (Å²) in [6.07, 6.45) is 5.39. The lowest BCUT2D eigenvalue weighted by atomic mass is 9.65. The largest absolute Gasteiger partial charge is 0.466 e. The highest BCUT2D eigenvalue weighted by atomic mass is 16.6. The van der Waals surface area contributed by atoms with E-state index in [1.165, 1.54) is 0 Å². The number of nitrogens with zero attached hydrogens (tertiary/aromatic N) is 2. The number of benzene rings is 1. The molecule has 208 valence electrons. The summed E-state index contributed by atoms with van der Waals surface area (Å²) in [7, 11) is 0. The lowest BCUT2D eigenvalue weighted by Crippen LogP contribution is -2.56. The Bertz CT molecular complexity index is 1090. The Kier molecular flexibility index (Phi) is 8.33. The minimum absolute atomic E-state index is 0.0790. The number of aliphatic hydroxyl groups is 1. The van der Waals surface area contributed by atoms with E-state index in [1.54, 1.807) is 22.8 Å². The predicted octanol–water partition coefficient (Wildman–Crippen LogP) is 3.70. The molecule has 3 saturated heterocycles. The van der Waals surface area contributed by atoms with E-state index in [2.05, 4.69) is 6.58 Å². The maximum atomic E-state index is 14.6. The SMILES string of the molecule is C=CCN(C(=O)C1N(CCCCCO)C(=O)[C@@H]2[C@H](C(=O)OCC)[C@]3(CC)CCC12O3)c1cc(C)ccc1C. The molecule has 1 aromatic rings. The molecule has 38 heavy (non-hydrogen) atoms. The van der Waals surface area contributed by atoms with Crippen LogP contribution in [-0.4, -0.2) is 71.3 Å². The highest BCUT2D eigenvalue weighted by Crippen LogP contribution is 2.64.